The minimum Gasteiger partial charge on any atom is -0.481 e. The molecule has 0 spiro atoms. The second-order valence-corrected chi connectivity index (χ2v) is 11.2. The van der Waals surface area contributed by atoms with E-state index in [9.17, 15) is 27.5 Å². The van der Waals surface area contributed by atoms with Crippen molar-refractivity contribution in [3.05, 3.63) is 77.4 Å². The van der Waals surface area contributed by atoms with Gasteiger partial charge in [-0.1, -0.05) is 60.7 Å². The maximum Gasteiger partial charge on any atom is 0.422 e. The summed E-state index contributed by atoms with van der Waals surface area (Å²) in [6, 6.07) is 19.5. The molecule has 46 heavy (non-hydrogen) atoms. The Labute approximate surface area is 264 Å². The third-order valence-corrected chi connectivity index (χ3v) is 8.23. The molecule has 2 aliphatic rings. The van der Waals surface area contributed by atoms with E-state index in [-0.39, 0.29) is 53.8 Å². The van der Waals surface area contributed by atoms with Crippen molar-refractivity contribution in [1.29, 1.82) is 0 Å². The number of aliphatic hydroxyl groups is 1. The van der Waals surface area contributed by atoms with Gasteiger partial charge in [0.05, 0.1) is 12.7 Å². The molecule has 10 nitrogen and oxygen atoms in total. The molecule has 0 radical (unpaired) electrons. The molecular weight excluding hydrogens is 610 g/mol. The number of fused-ring (bicyclic) bond motifs is 1. The lowest BCUT2D eigenvalue weighted by Gasteiger charge is -2.53. The number of methoxy groups -OCH3 is 1. The molecule has 1 aromatic heterocycles. The van der Waals surface area contributed by atoms with Crippen LogP contribution in [0.2, 0.25) is 0 Å². The summed E-state index contributed by atoms with van der Waals surface area (Å²) < 4.78 is 68.3. The Balaban J connectivity index is 1.54. The molecule has 2 fully saturated rings. The number of rotatable bonds is 12. The topological polar surface area (TPSA) is 100 Å². The van der Waals surface area contributed by atoms with Gasteiger partial charge in [-0.25, -0.2) is 4.39 Å². The maximum atomic E-state index is 13.2. The van der Waals surface area contributed by atoms with Gasteiger partial charge in [-0.3, -0.25) is 14.6 Å². The number of carbonyl (C=O) groups excluding carboxylic acids is 1. The van der Waals surface area contributed by atoms with Crippen LogP contribution in [0.4, 0.5) is 17.6 Å². The smallest absolute Gasteiger partial charge is 0.422 e. The monoisotopic (exact) mass is 647 g/mol. The number of ether oxygens (including phenoxy) is 3. The molecule has 2 saturated heterocycles. The molecule has 0 saturated carbocycles. The number of halogens is 4. The highest BCUT2D eigenvalue weighted by Crippen LogP contribution is 2.38. The molecular formula is C32H37F4N5O5. The molecule has 2 aliphatic heterocycles. The fourth-order valence-corrected chi connectivity index (χ4v) is 6.34. The lowest BCUT2D eigenvalue weighted by Crippen LogP contribution is -2.67. The molecule has 248 valence electrons. The molecule has 3 aromatic rings. The van der Waals surface area contributed by atoms with Crippen LogP contribution in [-0.4, -0.2) is 120 Å². The van der Waals surface area contributed by atoms with Gasteiger partial charge in [0.15, 0.2) is 6.61 Å². The van der Waals surface area contributed by atoms with E-state index in [0.717, 1.165) is 11.1 Å². The number of carbonyl (C=O) groups is 1. The highest BCUT2D eigenvalue weighted by molar-refractivity contribution is 5.77. The number of aromatic nitrogens is 2. The van der Waals surface area contributed by atoms with Crippen LogP contribution in [0.1, 0.15) is 22.6 Å². The molecule has 1 amide bonds. The van der Waals surface area contributed by atoms with E-state index in [1.165, 1.54) is 7.11 Å². The van der Waals surface area contributed by atoms with Gasteiger partial charge < -0.3 is 24.2 Å². The number of aliphatic hydroxyl groups excluding tert-OH is 1. The zero-order chi connectivity index (χ0) is 32.7. The number of hydrogen-bond acceptors (Lipinski definition) is 9. The van der Waals surface area contributed by atoms with Crippen molar-refractivity contribution in [2.24, 2.45) is 0 Å². The minimum absolute atomic E-state index is 0.0524. The van der Waals surface area contributed by atoms with Crippen molar-refractivity contribution in [1.82, 2.24) is 24.7 Å². The molecule has 3 heterocycles. The SMILES string of the molecule is COc1nc(OCCF)nc(OCC(F)(F)F)c1CN1C[C@@H]2CN(C(=O)CO)CCN2[C@H](C(c2ccccc2)c2ccccc2)C1. The van der Waals surface area contributed by atoms with Gasteiger partial charge in [0.1, 0.15) is 19.9 Å². The Bertz CT molecular complexity index is 1400. The van der Waals surface area contributed by atoms with Gasteiger partial charge in [-0.2, -0.15) is 23.1 Å². The summed E-state index contributed by atoms with van der Waals surface area (Å²) in [6.07, 6.45) is -4.64. The Morgan fingerprint density at radius 3 is 2.20 bits per heavy atom. The molecule has 1 N–H and O–H groups in total. The Morgan fingerprint density at radius 1 is 0.957 bits per heavy atom. The van der Waals surface area contributed by atoms with Crippen molar-refractivity contribution < 1.29 is 41.7 Å². The number of alkyl halides is 4. The van der Waals surface area contributed by atoms with Gasteiger partial charge in [-0.15, -0.1) is 0 Å². The molecule has 0 aliphatic carbocycles. The van der Waals surface area contributed by atoms with Crippen LogP contribution < -0.4 is 14.2 Å². The van der Waals surface area contributed by atoms with Gasteiger partial charge in [0.2, 0.25) is 17.7 Å². The van der Waals surface area contributed by atoms with Crippen LogP contribution >= 0.6 is 0 Å². The van der Waals surface area contributed by atoms with Crippen LogP contribution in [0, 0.1) is 0 Å². The Kier molecular flexibility index (Phi) is 10.9. The Hall–Kier alpha value is -4.01. The van der Waals surface area contributed by atoms with E-state index in [0.29, 0.717) is 32.7 Å². The first kappa shape index (κ1) is 33.4. The zero-order valence-electron chi connectivity index (χ0n) is 25.4. The van der Waals surface area contributed by atoms with Crippen LogP contribution in [0.25, 0.3) is 0 Å². The predicted molar refractivity (Wildman–Crippen MR) is 160 cm³/mol. The Morgan fingerprint density at radius 2 is 1.61 bits per heavy atom. The number of piperazine rings is 2. The molecule has 5 rings (SSSR count). The molecule has 0 bridgehead atoms. The van der Waals surface area contributed by atoms with Crippen molar-refractivity contribution in [2.45, 2.75) is 30.7 Å². The summed E-state index contributed by atoms with van der Waals surface area (Å²) in [5.41, 5.74) is 2.37. The van der Waals surface area contributed by atoms with Crippen molar-refractivity contribution in [3.8, 4) is 17.8 Å². The quantitative estimate of drug-likeness (QED) is 0.297. The van der Waals surface area contributed by atoms with Crippen LogP contribution in [-0.2, 0) is 11.3 Å². The number of benzene rings is 2. The van der Waals surface area contributed by atoms with E-state index in [1.54, 1.807) is 4.90 Å². The summed E-state index contributed by atoms with van der Waals surface area (Å²) in [5.74, 6) is -0.870. The average Bonchev–Trinajstić information content (AvgIpc) is 3.07. The summed E-state index contributed by atoms with van der Waals surface area (Å²) >= 11 is 0. The predicted octanol–water partition coefficient (Wildman–Crippen LogP) is 3.30. The van der Waals surface area contributed by atoms with Gasteiger partial charge in [0.25, 0.3) is 0 Å². The fourth-order valence-electron chi connectivity index (χ4n) is 6.34. The first-order chi connectivity index (χ1) is 22.2. The van der Waals surface area contributed by atoms with Crippen molar-refractivity contribution >= 4 is 5.91 Å². The average molecular weight is 648 g/mol. The second-order valence-electron chi connectivity index (χ2n) is 11.2. The molecule has 14 heteroatoms. The van der Waals surface area contributed by atoms with E-state index < -0.39 is 32.7 Å². The van der Waals surface area contributed by atoms with E-state index in [4.69, 9.17) is 14.2 Å². The summed E-state index contributed by atoms with van der Waals surface area (Å²) in [4.78, 5) is 26.9. The number of nitrogens with zero attached hydrogens (tertiary/aromatic N) is 5. The normalized spacial score (nSPS) is 19.2. The van der Waals surface area contributed by atoms with Crippen LogP contribution in [0.15, 0.2) is 60.7 Å². The van der Waals surface area contributed by atoms with E-state index in [1.807, 2.05) is 36.4 Å². The van der Waals surface area contributed by atoms with Gasteiger partial charge in [0, 0.05) is 57.3 Å². The fraction of sp³-hybridized carbons (Fsp3) is 0.469. The molecule has 2 aromatic carbocycles. The lowest BCUT2D eigenvalue weighted by atomic mass is 9.81. The van der Waals surface area contributed by atoms with Crippen molar-refractivity contribution in [2.75, 3.05) is 66.3 Å². The minimum atomic E-state index is -4.64. The summed E-state index contributed by atoms with van der Waals surface area (Å²) in [6.45, 7) is -1.03. The number of hydrogen-bond donors (Lipinski definition) is 1. The lowest BCUT2D eigenvalue weighted by molar-refractivity contribution is -0.154. The summed E-state index contributed by atoms with van der Waals surface area (Å²) in [5, 5.41) is 9.57. The van der Waals surface area contributed by atoms with Crippen LogP contribution in [0.3, 0.4) is 0 Å². The molecule has 0 unspecified atom stereocenters. The van der Waals surface area contributed by atoms with Crippen molar-refractivity contribution in [3.63, 3.8) is 0 Å². The largest absolute Gasteiger partial charge is 0.481 e. The molecule has 2 atom stereocenters. The van der Waals surface area contributed by atoms with E-state index in [2.05, 4.69) is 44.0 Å². The number of amides is 1. The third-order valence-electron chi connectivity index (χ3n) is 8.23. The van der Waals surface area contributed by atoms with Gasteiger partial charge >= 0.3 is 12.2 Å². The first-order valence-electron chi connectivity index (χ1n) is 15.0. The highest BCUT2D eigenvalue weighted by atomic mass is 19.4. The summed E-state index contributed by atoms with van der Waals surface area (Å²) in [7, 11) is 1.32. The second kappa shape index (κ2) is 15.1. The zero-order valence-corrected chi connectivity index (χ0v) is 25.4. The van der Waals surface area contributed by atoms with Gasteiger partial charge in [-0.05, 0) is 11.1 Å². The van der Waals surface area contributed by atoms with E-state index >= 15 is 0 Å². The third kappa shape index (κ3) is 8.03. The first-order valence-corrected chi connectivity index (χ1v) is 15.0. The maximum absolute atomic E-state index is 13.2. The van der Waals surface area contributed by atoms with Crippen LogP contribution in [0.5, 0.6) is 17.8 Å². The standard InChI is InChI=1S/C32H37F4N5O5/c1-44-29-25(30(46-21-32(34,35)36)38-31(37-29)45-15-12-33)18-39-16-24-17-40(27(43)20-42)13-14-41(24)26(19-39)28(22-8-4-2-5-9-22)23-10-6-3-7-11-23/h2-11,24,26,28,42H,12-21H2,1H3/t24-,26+/m1/s1. The highest BCUT2D eigenvalue weighted by Gasteiger charge is 2.43.